The van der Waals surface area contributed by atoms with Crippen LogP contribution < -0.4 is 16.4 Å². The average Bonchev–Trinajstić information content (AvgIpc) is 2.71. The van der Waals surface area contributed by atoms with Gasteiger partial charge in [0.05, 0.1) is 25.8 Å². The lowest BCUT2D eigenvalue weighted by atomic mass is 10.1. The molecule has 0 heterocycles. The highest BCUT2D eigenvalue weighted by molar-refractivity contribution is 5.87. The summed E-state index contributed by atoms with van der Waals surface area (Å²) < 4.78 is 5.80. The number of amides is 2. The second-order valence-corrected chi connectivity index (χ2v) is 7.01. The normalized spacial score (nSPS) is 11.4. The summed E-state index contributed by atoms with van der Waals surface area (Å²) in [6.07, 6.45) is 0. The Morgan fingerprint density at radius 1 is 0.931 bits per heavy atom. The molecule has 0 spiro atoms. The van der Waals surface area contributed by atoms with E-state index < -0.39 is 6.04 Å². The number of carbonyl (C=O) groups is 2. The van der Waals surface area contributed by atoms with Crippen molar-refractivity contribution < 1.29 is 14.3 Å². The van der Waals surface area contributed by atoms with Crippen LogP contribution in [0, 0.1) is 5.92 Å². The molecule has 29 heavy (non-hydrogen) atoms. The number of hydrogen-bond donors (Lipinski definition) is 3. The number of rotatable bonds is 10. The summed E-state index contributed by atoms with van der Waals surface area (Å²) >= 11 is 0. The molecule has 0 saturated heterocycles. The minimum absolute atomic E-state index is 0. The molecule has 6 nitrogen and oxygen atoms in total. The van der Waals surface area contributed by atoms with Crippen LogP contribution in [-0.2, 0) is 34.1 Å². The average molecular weight is 420 g/mol. The van der Waals surface area contributed by atoms with Gasteiger partial charge in [-0.25, -0.2) is 0 Å². The molecule has 7 heteroatoms. The van der Waals surface area contributed by atoms with Crippen LogP contribution in [0.2, 0.25) is 0 Å². The molecule has 158 valence electrons. The predicted molar refractivity (Wildman–Crippen MR) is 116 cm³/mol. The fourth-order valence-electron chi connectivity index (χ4n) is 2.57. The van der Waals surface area contributed by atoms with Crippen LogP contribution in [0.5, 0.6) is 0 Å². The zero-order valence-corrected chi connectivity index (χ0v) is 17.7. The van der Waals surface area contributed by atoms with E-state index in [0.29, 0.717) is 19.8 Å². The molecule has 0 bridgehead atoms. The minimum Gasteiger partial charge on any atom is -0.372 e. The molecule has 0 radical (unpaired) electrons. The molecule has 0 fully saturated rings. The second kappa shape index (κ2) is 12.9. The largest absolute Gasteiger partial charge is 0.372 e. The van der Waals surface area contributed by atoms with Crippen LogP contribution in [0.4, 0.5) is 0 Å². The maximum atomic E-state index is 12.0. The van der Waals surface area contributed by atoms with Crippen LogP contribution in [0.25, 0.3) is 0 Å². The first-order chi connectivity index (χ1) is 13.5. The molecule has 2 aromatic carbocycles. The molecule has 0 aliphatic carbocycles. The molecule has 4 N–H and O–H groups in total. The Kier molecular flexibility index (Phi) is 11.0. The third-order valence-corrected chi connectivity index (χ3v) is 4.41. The van der Waals surface area contributed by atoms with Crippen molar-refractivity contribution in [3.63, 3.8) is 0 Å². The molecular weight excluding hydrogens is 390 g/mol. The van der Waals surface area contributed by atoms with Gasteiger partial charge in [-0.2, -0.15) is 0 Å². The Morgan fingerprint density at radius 2 is 1.55 bits per heavy atom. The van der Waals surface area contributed by atoms with Gasteiger partial charge in [-0.05, 0) is 22.6 Å². The number of halogens is 1. The maximum Gasteiger partial charge on any atom is 0.239 e. The molecular formula is C22H30ClN3O3. The molecule has 0 unspecified atom stereocenters. The molecule has 0 saturated carbocycles. The number of nitrogens with one attached hydrogen (secondary N) is 2. The number of hydrogen-bond acceptors (Lipinski definition) is 4. The lowest BCUT2D eigenvalue weighted by Crippen LogP contribution is -2.47. The summed E-state index contributed by atoms with van der Waals surface area (Å²) in [5, 5.41) is 5.39. The van der Waals surface area contributed by atoms with E-state index >= 15 is 0 Å². The quantitative estimate of drug-likeness (QED) is 0.551. The van der Waals surface area contributed by atoms with Crippen molar-refractivity contribution in [2.75, 3.05) is 6.54 Å². The van der Waals surface area contributed by atoms with Gasteiger partial charge in [-0.15, -0.1) is 12.4 Å². The molecule has 0 aliphatic rings. The Balaban J connectivity index is 0.00000420. The van der Waals surface area contributed by atoms with Crippen molar-refractivity contribution in [1.29, 1.82) is 0 Å². The third-order valence-electron chi connectivity index (χ3n) is 4.41. The zero-order valence-electron chi connectivity index (χ0n) is 16.9. The highest BCUT2D eigenvalue weighted by Gasteiger charge is 2.17. The summed E-state index contributed by atoms with van der Waals surface area (Å²) in [6, 6.07) is 17.2. The van der Waals surface area contributed by atoms with Crippen molar-refractivity contribution in [1.82, 2.24) is 10.6 Å². The summed E-state index contributed by atoms with van der Waals surface area (Å²) in [4.78, 5) is 23.8. The van der Waals surface area contributed by atoms with E-state index in [0.717, 1.165) is 16.7 Å². The third kappa shape index (κ3) is 8.64. The van der Waals surface area contributed by atoms with Gasteiger partial charge in [0.15, 0.2) is 0 Å². The summed E-state index contributed by atoms with van der Waals surface area (Å²) in [6.45, 7) is 4.99. The van der Waals surface area contributed by atoms with Crippen molar-refractivity contribution in [2.45, 2.75) is 39.6 Å². The van der Waals surface area contributed by atoms with Gasteiger partial charge in [-0.3, -0.25) is 9.59 Å². The van der Waals surface area contributed by atoms with Gasteiger partial charge in [0, 0.05) is 6.54 Å². The van der Waals surface area contributed by atoms with Crippen molar-refractivity contribution in [3.05, 3.63) is 71.3 Å². The van der Waals surface area contributed by atoms with E-state index in [1.165, 1.54) is 0 Å². The highest BCUT2D eigenvalue weighted by atomic mass is 35.5. The van der Waals surface area contributed by atoms with E-state index in [1.807, 2.05) is 68.4 Å². The van der Waals surface area contributed by atoms with Gasteiger partial charge in [0.25, 0.3) is 0 Å². The predicted octanol–water partition coefficient (Wildman–Crippen LogP) is 2.54. The smallest absolute Gasteiger partial charge is 0.239 e. The Bertz CT molecular complexity index is 769. The van der Waals surface area contributed by atoms with Crippen LogP contribution in [0.1, 0.15) is 30.5 Å². The summed E-state index contributed by atoms with van der Waals surface area (Å²) in [7, 11) is 0. The lowest BCUT2D eigenvalue weighted by molar-refractivity contribution is -0.127. The van der Waals surface area contributed by atoms with Crippen molar-refractivity contribution >= 4 is 24.2 Å². The minimum atomic E-state index is -0.615. The van der Waals surface area contributed by atoms with Gasteiger partial charge >= 0.3 is 0 Å². The van der Waals surface area contributed by atoms with E-state index in [2.05, 4.69) is 10.6 Å². The van der Waals surface area contributed by atoms with Crippen LogP contribution >= 0.6 is 12.4 Å². The van der Waals surface area contributed by atoms with Crippen LogP contribution in [-0.4, -0.2) is 24.4 Å². The highest BCUT2D eigenvalue weighted by Crippen LogP contribution is 2.11. The topological polar surface area (TPSA) is 93.5 Å². The molecule has 1 atom stereocenters. The maximum absolute atomic E-state index is 12.0. The van der Waals surface area contributed by atoms with Gasteiger partial charge < -0.3 is 21.1 Å². The molecule has 2 amide bonds. The van der Waals surface area contributed by atoms with Gasteiger partial charge in [0.1, 0.15) is 0 Å². The Hall–Kier alpha value is -2.41. The monoisotopic (exact) mass is 419 g/mol. The SMILES string of the molecule is CC(C)[C@H](N)C(=O)NCC(=O)NCc1ccccc1COCc1ccccc1.Cl. The van der Waals surface area contributed by atoms with Crippen molar-refractivity contribution in [2.24, 2.45) is 11.7 Å². The molecule has 2 aromatic rings. The van der Waals surface area contributed by atoms with Gasteiger partial charge in [-0.1, -0.05) is 68.4 Å². The number of ether oxygens (including phenoxy) is 1. The molecule has 0 aromatic heterocycles. The van der Waals surface area contributed by atoms with Crippen molar-refractivity contribution in [3.8, 4) is 0 Å². The standard InChI is InChI=1S/C22H29N3O3.ClH/c1-16(2)21(23)22(27)25-13-20(26)24-12-18-10-6-7-11-19(18)15-28-14-17-8-4-3-5-9-17;/h3-11,16,21H,12-15,23H2,1-2H3,(H,24,26)(H,25,27);1H/t21-;/m0./s1. The van der Waals surface area contributed by atoms with Crippen LogP contribution in [0.15, 0.2) is 54.6 Å². The van der Waals surface area contributed by atoms with E-state index in [-0.39, 0.29) is 36.7 Å². The number of carbonyl (C=O) groups excluding carboxylic acids is 2. The lowest BCUT2D eigenvalue weighted by Gasteiger charge is -2.15. The van der Waals surface area contributed by atoms with E-state index in [1.54, 1.807) is 0 Å². The fraction of sp³-hybridized carbons (Fsp3) is 0.364. The first-order valence-corrected chi connectivity index (χ1v) is 9.45. The first-order valence-electron chi connectivity index (χ1n) is 9.45. The first kappa shape index (κ1) is 24.6. The summed E-state index contributed by atoms with van der Waals surface area (Å²) in [5.41, 5.74) is 8.88. The Morgan fingerprint density at radius 3 is 2.21 bits per heavy atom. The van der Waals surface area contributed by atoms with E-state index in [4.69, 9.17) is 10.5 Å². The molecule has 2 rings (SSSR count). The fourth-order valence-corrected chi connectivity index (χ4v) is 2.57. The van der Waals surface area contributed by atoms with Gasteiger partial charge in [0.2, 0.25) is 11.8 Å². The van der Waals surface area contributed by atoms with Crippen LogP contribution in [0.3, 0.4) is 0 Å². The molecule has 0 aliphatic heterocycles. The summed E-state index contributed by atoms with van der Waals surface area (Å²) in [5.74, 6) is -0.560. The Labute approximate surface area is 178 Å². The number of benzene rings is 2. The zero-order chi connectivity index (χ0) is 20.4. The van der Waals surface area contributed by atoms with E-state index in [9.17, 15) is 9.59 Å². The second-order valence-electron chi connectivity index (χ2n) is 7.01. The number of nitrogens with two attached hydrogens (primary N) is 1.